The minimum atomic E-state index is -2.45. The summed E-state index contributed by atoms with van der Waals surface area (Å²) in [4.78, 5) is 161. The zero-order valence-electron chi connectivity index (χ0n) is 75.1. The maximum absolute atomic E-state index is 14.5. The molecule has 10 saturated heterocycles. The third kappa shape index (κ3) is 26.7. The molecular formula is C76H121N12NaO45S2. The van der Waals surface area contributed by atoms with Crippen molar-refractivity contribution >= 4 is 94.5 Å². The van der Waals surface area contributed by atoms with E-state index in [1.165, 1.54) is 25.6 Å². The number of carboxylic acid groups (broad SMARTS) is 1. The van der Waals surface area contributed by atoms with Gasteiger partial charge in [-0.2, -0.15) is 0 Å². The van der Waals surface area contributed by atoms with Crippen molar-refractivity contribution in [3.05, 3.63) is 0 Å². The second-order valence-corrected chi connectivity index (χ2v) is 35.8. The number of hydrogen-bond acceptors (Lipinski definition) is 50. The molecule has 0 spiro atoms. The Hall–Kier alpha value is -5.66. The van der Waals surface area contributed by atoms with Crippen molar-refractivity contribution in [2.24, 2.45) is 0 Å². The van der Waals surface area contributed by atoms with E-state index < -0.39 is 386 Å². The van der Waals surface area contributed by atoms with Gasteiger partial charge >= 0.3 is 29.6 Å². The average Bonchev–Trinajstić information content (AvgIpc) is 1.06. The number of carbonyl (C=O) groups is 12. The van der Waals surface area contributed by atoms with Gasteiger partial charge in [-0.1, -0.05) is 6.92 Å². The van der Waals surface area contributed by atoms with E-state index in [0.29, 0.717) is 5.75 Å². The molecule has 10 fully saturated rings. The second kappa shape index (κ2) is 51.5. The van der Waals surface area contributed by atoms with Crippen LogP contribution >= 0.6 is 23.5 Å². The topological polar surface area (TPSA) is 826 Å². The number of amides is 11. The van der Waals surface area contributed by atoms with Gasteiger partial charge in [0.2, 0.25) is 47.3 Å². The van der Waals surface area contributed by atoms with Gasteiger partial charge in [0.25, 0.3) is 17.7 Å². The quantitative estimate of drug-likeness (QED) is 0.0117. The van der Waals surface area contributed by atoms with E-state index in [1.807, 2.05) is 0 Å². The Balaban J connectivity index is 0.0000207. The number of rotatable bonds is 41. The number of ether oxygens (including phenoxy) is 16. The number of carbonyl (C=O) groups excluding carboxylic acids is 12. The molecule has 768 valence electrons. The Morgan fingerprint density at radius 3 is 0.971 bits per heavy atom. The number of methoxy groups -OCH3 is 2. The zero-order chi connectivity index (χ0) is 99.3. The second-order valence-electron chi connectivity index (χ2n) is 33.1. The fourth-order valence-corrected chi connectivity index (χ4v) is 18.9. The minimum Gasteiger partial charge on any atom is -0.547 e. The molecule has 60 heteroatoms. The van der Waals surface area contributed by atoms with Crippen LogP contribution in [0.15, 0.2) is 0 Å². The van der Waals surface area contributed by atoms with Gasteiger partial charge in [-0.3, -0.25) is 78.5 Å². The molecule has 10 aliphatic rings. The largest absolute Gasteiger partial charge is 1.00 e. The van der Waals surface area contributed by atoms with Crippen LogP contribution in [0.1, 0.15) is 61.3 Å². The number of likely N-dealkylation sites (tertiary alicyclic amines) is 2. The minimum absolute atomic E-state index is 0. The number of imide groups is 2. The molecule has 26 N–H and O–H groups in total. The summed E-state index contributed by atoms with van der Waals surface area (Å²) in [6, 6.07) is -6.29. The van der Waals surface area contributed by atoms with Crippen LogP contribution in [0.4, 0.5) is 0 Å². The number of aliphatic carboxylic acids is 1. The van der Waals surface area contributed by atoms with Crippen molar-refractivity contribution in [3.63, 3.8) is 0 Å². The van der Waals surface area contributed by atoms with E-state index >= 15 is 0 Å². The summed E-state index contributed by atoms with van der Waals surface area (Å²) in [7, 11) is 2.06. The smallest absolute Gasteiger partial charge is 0.547 e. The molecule has 57 nitrogen and oxygen atoms in total. The van der Waals surface area contributed by atoms with Crippen LogP contribution in [0.25, 0.3) is 0 Å². The number of nitrogens with one attached hydrogen (secondary N) is 10. The fraction of sp³-hybridized carbons (Fsp3) is 0.842. The molecule has 0 saturated carbocycles. The molecule has 0 aromatic heterocycles. The Bertz CT molecular complexity index is 4040. The number of nitrogens with zero attached hydrogens (tertiary/aromatic N) is 2. The van der Waals surface area contributed by atoms with E-state index in [9.17, 15) is 144 Å². The van der Waals surface area contributed by atoms with Crippen LogP contribution in [0, 0.1) is 0 Å². The summed E-state index contributed by atoms with van der Waals surface area (Å²) in [6.45, 7) is 2.59. The summed E-state index contributed by atoms with van der Waals surface area (Å²) in [5.41, 5.74) is 0. The van der Waals surface area contributed by atoms with Gasteiger partial charge in [0.1, 0.15) is 165 Å². The maximum atomic E-state index is 14.5. The van der Waals surface area contributed by atoms with Gasteiger partial charge in [-0.15, -0.1) is 23.5 Å². The SMILES string of the molecule is CCSC1CC(=O)N(CNCNC(=O)C2OC(OC3C(O)C(CO)O[C@@H](C)C3NC(C)=O)C(O)C(O)C2OC2OC(CO)C(O)C(OC3OC(C(=O)NCNCN4C(=O)CC(SCNCNC(=O)C5OC(OC6C(O)C(CO)OC(OC7C(C(=O)[O-])OC(OC8C(O)C(CO)O[C@H](C)C8NC(C)=O)C(O)C7O)C6NC(C)=O)C(O)C(O)C5OC)C4=O)C(OC)C(O)C3O)C2NC(C)=O)C1=O.[Na+]. The van der Waals surface area contributed by atoms with Gasteiger partial charge in [0.05, 0.1) is 101 Å². The predicted octanol–water partition coefficient (Wildman–Crippen LogP) is -22.1. The van der Waals surface area contributed by atoms with Gasteiger partial charge in [-0.25, -0.2) is 0 Å². The molecule has 10 rings (SSSR count). The van der Waals surface area contributed by atoms with Crippen LogP contribution in [-0.2, 0) is 133 Å². The summed E-state index contributed by atoms with van der Waals surface area (Å²) in [5, 5.41) is 217. The van der Waals surface area contributed by atoms with Crippen LogP contribution in [0.5, 0.6) is 0 Å². The first kappa shape index (κ1) is 114. The molecule has 0 aromatic carbocycles. The summed E-state index contributed by atoms with van der Waals surface area (Å²) >= 11 is 2.15. The number of hydrogen-bond donors (Lipinski definition) is 26. The number of aliphatic hydroxyl groups is 16. The maximum Gasteiger partial charge on any atom is 1.00 e. The van der Waals surface area contributed by atoms with Gasteiger partial charge in [0.15, 0.2) is 56.1 Å². The number of aliphatic hydroxyl groups excluding tert-OH is 16. The first-order valence-corrected chi connectivity index (χ1v) is 45.1. The average molecular weight is 2010 g/mol. The van der Waals surface area contributed by atoms with Crippen molar-refractivity contribution in [1.29, 1.82) is 0 Å². The van der Waals surface area contributed by atoms with Crippen molar-refractivity contribution in [3.8, 4) is 0 Å². The Morgan fingerprint density at radius 2 is 0.654 bits per heavy atom. The van der Waals surface area contributed by atoms with Crippen LogP contribution in [-0.4, -0.2) is 504 Å². The Morgan fingerprint density at radius 1 is 0.375 bits per heavy atom. The zero-order valence-corrected chi connectivity index (χ0v) is 78.8. The number of thioether (sulfide) groups is 2. The third-order valence-corrected chi connectivity index (χ3v) is 26.1. The van der Waals surface area contributed by atoms with E-state index in [4.69, 9.17) is 75.8 Å². The molecule has 40 unspecified atom stereocenters. The molecule has 0 radical (unpaired) electrons. The summed E-state index contributed by atoms with van der Waals surface area (Å²) in [5.74, 6) is -10.8. The fourth-order valence-electron chi connectivity index (χ4n) is 17.0. The molecule has 0 aromatic rings. The molecule has 0 bridgehead atoms. The van der Waals surface area contributed by atoms with Crippen molar-refractivity contribution in [2.75, 3.05) is 85.6 Å². The normalized spacial score (nSPS) is 41.0. The Labute approximate surface area is 805 Å². The molecule has 10 aliphatic heterocycles. The third-order valence-electron chi connectivity index (χ3n) is 23.8. The monoisotopic (exact) mass is 2010 g/mol. The molecular weight excluding hydrogens is 1890 g/mol. The number of carboxylic acids is 1. The van der Waals surface area contributed by atoms with Gasteiger partial charge in [0, 0.05) is 60.6 Å². The first-order chi connectivity index (χ1) is 64.0. The van der Waals surface area contributed by atoms with Crippen molar-refractivity contribution in [1.82, 2.24) is 63.0 Å². The molecule has 11 amide bonds. The van der Waals surface area contributed by atoms with E-state index in [1.54, 1.807) is 6.92 Å². The molecule has 10 heterocycles. The van der Waals surface area contributed by atoms with Crippen LogP contribution < -0.4 is 87.8 Å². The van der Waals surface area contributed by atoms with Crippen LogP contribution in [0.3, 0.4) is 0 Å². The summed E-state index contributed by atoms with van der Waals surface area (Å²) < 4.78 is 93.2. The van der Waals surface area contributed by atoms with Crippen molar-refractivity contribution in [2.45, 2.75) is 317 Å². The van der Waals surface area contributed by atoms with E-state index in [2.05, 4.69) is 53.2 Å². The standard InChI is InChI=1S/C76H122N12O45S2.Na/c1-10-134-33-11-35(97)87(68(33)114)20-78-18-81-67(113)63-59(47(105)51(109)75(132-63)124-53-37(83-25(4)93)23(2)120-29(13-89)41(53)99)128-71-39(85-27(6)95)55(43(101)31(15-91)122-71)126-73-49(107)45(103)57(118-8)61(130-73)65(111)80-17-77-21-88-36(98)12-34(69(88)115)135-22-79-19-82-66(112)62-58(119-9)46(104)50(108)74(131-62)127-56-40(86-28(7)96)72(123-32(16-92)44(56)102)129-60-48(106)52(110)76(133-64(60)70(116)117)125-54-38(84-26(5)94)24(3)121-30(14-90)42(54)100;/h23-24,29-34,37-64,71-79,89-92,99-110H,10-22H2,1-9H3,(H,80,111)(H,81,113)(H,82,112)(H,83,93)(H,84,94)(H,85,95)(H,86,96)(H,116,117);/q;+1/p-1/t23-,24+,29?,30?,31?,32?,33?,34?,37?,38?,39?,40?,41?,42?,43?,44?,45?,46?,47?,48?,49?,50?,51?,52?,53?,54?,55?,56?,57?,58?,59?,60?,61?,62?,63?,64?,71?,72?,73?,74?,75?,76?;/m0./s1. The van der Waals surface area contributed by atoms with Crippen molar-refractivity contribution < 1.29 is 250 Å². The van der Waals surface area contributed by atoms with E-state index in [0.717, 1.165) is 63.5 Å². The predicted molar refractivity (Wildman–Crippen MR) is 437 cm³/mol. The Kier molecular flexibility index (Phi) is 43.2. The molecule has 42 atom stereocenters. The first-order valence-electron chi connectivity index (χ1n) is 43.0. The van der Waals surface area contributed by atoms with Crippen LogP contribution in [0.2, 0.25) is 0 Å². The summed E-state index contributed by atoms with van der Waals surface area (Å²) in [6.07, 6.45) is -71.0. The van der Waals surface area contributed by atoms with Gasteiger partial charge in [-0.05, 0) is 19.6 Å². The molecule has 0 aliphatic carbocycles. The van der Waals surface area contributed by atoms with Gasteiger partial charge < -0.3 is 205 Å². The molecule has 136 heavy (non-hydrogen) atoms. The van der Waals surface area contributed by atoms with E-state index in [-0.39, 0.29) is 48.3 Å².